The van der Waals surface area contributed by atoms with Gasteiger partial charge in [-0.1, -0.05) is 81.1 Å². The van der Waals surface area contributed by atoms with Crippen molar-refractivity contribution in [3.8, 4) is 6.07 Å². The molecule has 0 saturated heterocycles. The highest BCUT2D eigenvalue weighted by molar-refractivity contribution is 6.22. The topological polar surface area (TPSA) is 52.9 Å². The van der Waals surface area contributed by atoms with Gasteiger partial charge in [0, 0.05) is 22.4 Å². The predicted molar refractivity (Wildman–Crippen MR) is 121 cm³/mol. The molecule has 2 aromatic rings. The third kappa shape index (κ3) is 3.59. The fraction of sp³-hybridized carbons (Fsp3) is 0.333. The highest BCUT2D eigenvalue weighted by Gasteiger charge is 2.40. The van der Waals surface area contributed by atoms with Gasteiger partial charge in [-0.15, -0.1) is 0 Å². The van der Waals surface area contributed by atoms with Crippen LogP contribution in [0.1, 0.15) is 78.9 Å². The third-order valence-corrected chi connectivity index (χ3v) is 6.25. The van der Waals surface area contributed by atoms with Gasteiger partial charge in [-0.3, -0.25) is 4.79 Å². The van der Waals surface area contributed by atoms with Gasteiger partial charge in [-0.2, -0.15) is 5.26 Å². The minimum Gasteiger partial charge on any atom is -0.357 e. The lowest BCUT2D eigenvalue weighted by atomic mass is 9.80. The average molecular weight is 397 g/mol. The van der Waals surface area contributed by atoms with Crippen molar-refractivity contribution in [2.45, 2.75) is 58.3 Å². The SMILES string of the molecule is CCCCCCCc1ccc([C@H]2C(C#N)=C(C)NC3=C2C(=O)c2ccccc23)cc1. The molecule has 0 unspecified atom stereocenters. The number of Topliss-reactive ketones (excluding diaryl/α,β-unsaturated/α-hetero) is 1. The zero-order chi connectivity index (χ0) is 21.1. The normalized spacial score (nSPS) is 17.5. The number of nitriles is 1. The predicted octanol–water partition coefficient (Wildman–Crippen LogP) is 6.29. The van der Waals surface area contributed by atoms with Crippen molar-refractivity contribution < 1.29 is 4.79 Å². The van der Waals surface area contributed by atoms with Crippen LogP contribution in [-0.2, 0) is 6.42 Å². The third-order valence-electron chi connectivity index (χ3n) is 6.25. The number of nitrogens with one attached hydrogen (secondary N) is 1. The van der Waals surface area contributed by atoms with Crippen molar-refractivity contribution in [1.82, 2.24) is 5.32 Å². The van der Waals surface area contributed by atoms with Gasteiger partial charge in [0.25, 0.3) is 0 Å². The summed E-state index contributed by atoms with van der Waals surface area (Å²) in [6, 6.07) is 18.6. The molecular weight excluding hydrogens is 368 g/mol. The fourth-order valence-electron chi connectivity index (χ4n) is 4.62. The summed E-state index contributed by atoms with van der Waals surface area (Å²) in [6.45, 7) is 4.16. The van der Waals surface area contributed by atoms with E-state index >= 15 is 0 Å². The Morgan fingerprint density at radius 1 is 0.967 bits per heavy atom. The molecule has 0 saturated carbocycles. The van der Waals surface area contributed by atoms with E-state index in [9.17, 15) is 10.1 Å². The van der Waals surface area contributed by atoms with Crippen LogP contribution >= 0.6 is 0 Å². The van der Waals surface area contributed by atoms with E-state index in [1.807, 2.05) is 31.2 Å². The second-order valence-electron chi connectivity index (χ2n) is 8.28. The first-order valence-corrected chi connectivity index (χ1v) is 11.0. The van der Waals surface area contributed by atoms with E-state index in [1.165, 1.54) is 37.7 Å². The van der Waals surface area contributed by atoms with E-state index in [2.05, 4.69) is 42.6 Å². The number of carbonyl (C=O) groups excluding carboxylic acids is 1. The average Bonchev–Trinajstić information content (AvgIpc) is 3.05. The van der Waals surface area contributed by atoms with Gasteiger partial charge in [0.1, 0.15) is 0 Å². The van der Waals surface area contributed by atoms with E-state index in [4.69, 9.17) is 0 Å². The Morgan fingerprint density at radius 2 is 1.67 bits per heavy atom. The van der Waals surface area contributed by atoms with E-state index in [-0.39, 0.29) is 11.7 Å². The molecule has 1 atom stereocenters. The van der Waals surface area contributed by atoms with Gasteiger partial charge in [0.05, 0.1) is 23.3 Å². The number of rotatable bonds is 7. The molecule has 1 aliphatic heterocycles. The van der Waals surface area contributed by atoms with Crippen molar-refractivity contribution in [3.05, 3.63) is 87.6 Å². The summed E-state index contributed by atoms with van der Waals surface area (Å²) in [6.07, 6.45) is 7.43. The smallest absolute Gasteiger partial charge is 0.192 e. The molecule has 3 nitrogen and oxygen atoms in total. The maximum absolute atomic E-state index is 13.2. The Kier molecular flexibility index (Phi) is 5.86. The monoisotopic (exact) mass is 396 g/mol. The van der Waals surface area contributed by atoms with Crippen LogP contribution in [-0.4, -0.2) is 5.78 Å². The molecule has 0 bridgehead atoms. The number of unbranched alkanes of at least 4 members (excludes halogenated alkanes) is 4. The van der Waals surface area contributed by atoms with E-state index in [0.717, 1.165) is 34.5 Å². The number of fused-ring (bicyclic) bond motifs is 2. The molecule has 0 radical (unpaired) electrons. The Labute approximate surface area is 179 Å². The summed E-state index contributed by atoms with van der Waals surface area (Å²) in [5.41, 5.74) is 6.99. The molecule has 0 spiro atoms. The Balaban J connectivity index is 1.62. The molecule has 152 valence electrons. The van der Waals surface area contributed by atoms with E-state index in [0.29, 0.717) is 11.1 Å². The highest BCUT2D eigenvalue weighted by Crippen LogP contribution is 2.46. The minimum atomic E-state index is -0.315. The Hall–Kier alpha value is -3.12. The second-order valence-corrected chi connectivity index (χ2v) is 8.28. The van der Waals surface area contributed by atoms with Gasteiger partial charge in [-0.25, -0.2) is 0 Å². The first-order valence-electron chi connectivity index (χ1n) is 11.0. The van der Waals surface area contributed by atoms with Gasteiger partial charge in [0.15, 0.2) is 5.78 Å². The van der Waals surface area contributed by atoms with Crippen LogP contribution in [0.15, 0.2) is 65.4 Å². The number of aryl methyl sites for hydroxylation is 1. The summed E-state index contributed by atoms with van der Waals surface area (Å²) in [5, 5.41) is 13.2. The molecule has 1 aliphatic carbocycles. The summed E-state index contributed by atoms with van der Waals surface area (Å²) in [4.78, 5) is 13.2. The van der Waals surface area contributed by atoms with Crippen LogP contribution in [0, 0.1) is 11.3 Å². The molecule has 0 fully saturated rings. The zero-order valence-electron chi connectivity index (χ0n) is 17.8. The van der Waals surface area contributed by atoms with Crippen LogP contribution in [0.5, 0.6) is 0 Å². The summed E-state index contributed by atoms with van der Waals surface area (Å²) < 4.78 is 0. The number of hydrogen-bond acceptors (Lipinski definition) is 3. The molecule has 1 N–H and O–H groups in total. The van der Waals surface area contributed by atoms with Crippen LogP contribution in [0.4, 0.5) is 0 Å². The maximum Gasteiger partial charge on any atom is 0.192 e. The van der Waals surface area contributed by atoms with E-state index in [1.54, 1.807) is 0 Å². The van der Waals surface area contributed by atoms with Gasteiger partial charge < -0.3 is 5.32 Å². The fourth-order valence-corrected chi connectivity index (χ4v) is 4.62. The molecule has 2 aliphatic rings. The van der Waals surface area contributed by atoms with Gasteiger partial charge >= 0.3 is 0 Å². The molecular formula is C27H28N2O. The maximum atomic E-state index is 13.2. The molecule has 1 heterocycles. The molecule has 0 amide bonds. The molecule has 30 heavy (non-hydrogen) atoms. The number of dihydropyridines is 1. The molecule has 0 aromatic heterocycles. The van der Waals surface area contributed by atoms with Gasteiger partial charge in [0.2, 0.25) is 0 Å². The largest absolute Gasteiger partial charge is 0.357 e. The van der Waals surface area contributed by atoms with Crippen molar-refractivity contribution >= 4 is 11.5 Å². The first-order chi connectivity index (χ1) is 14.7. The van der Waals surface area contributed by atoms with Gasteiger partial charge in [-0.05, 0) is 30.9 Å². The molecule has 3 heteroatoms. The van der Waals surface area contributed by atoms with Crippen LogP contribution in [0.25, 0.3) is 5.70 Å². The lowest BCUT2D eigenvalue weighted by Gasteiger charge is -2.27. The zero-order valence-corrected chi connectivity index (χ0v) is 17.8. The number of hydrogen-bond donors (Lipinski definition) is 1. The molecule has 4 rings (SSSR count). The highest BCUT2D eigenvalue weighted by atomic mass is 16.1. The van der Waals surface area contributed by atoms with Crippen LogP contribution < -0.4 is 5.32 Å². The second kappa shape index (κ2) is 8.71. The quantitative estimate of drug-likeness (QED) is 0.559. The minimum absolute atomic E-state index is 0.0263. The standard InChI is InChI=1S/C27H28N2O/c1-3-4-5-6-7-10-19-13-15-20(16-14-19)24-23(17-28)18(2)29-26-21-11-8-9-12-22(21)27(30)25(24)26/h8-9,11-16,24,29H,3-7,10H2,1-2H3/t24-/m0/s1. The van der Waals surface area contributed by atoms with Crippen LogP contribution in [0.2, 0.25) is 0 Å². The number of allylic oxidation sites excluding steroid dienone is 3. The van der Waals surface area contributed by atoms with Crippen molar-refractivity contribution in [2.24, 2.45) is 0 Å². The summed E-state index contributed by atoms with van der Waals surface area (Å²) in [5.74, 6) is -0.289. The first kappa shape index (κ1) is 20.2. The number of ketones is 1. The van der Waals surface area contributed by atoms with Crippen molar-refractivity contribution in [2.75, 3.05) is 0 Å². The molecule has 2 aromatic carbocycles. The Morgan fingerprint density at radius 3 is 2.37 bits per heavy atom. The van der Waals surface area contributed by atoms with Crippen molar-refractivity contribution in [1.29, 1.82) is 5.26 Å². The number of benzene rings is 2. The van der Waals surface area contributed by atoms with E-state index < -0.39 is 0 Å². The number of nitrogens with zero attached hydrogens (tertiary/aromatic N) is 1. The Bertz CT molecular complexity index is 1070. The van der Waals surface area contributed by atoms with Crippen molar-refractivity contribution in [3.63, 3.8) is 0 Å². The summed E-state index contributed by atoms with van der Waals surface area (Å²) >= 11 is 0. The lowest BCUT2D eigenvalue weighted by molar-refractivity contribution is 0.103. The number of carbonyl (C=O) groups is 1. The van der Waals surface area contributed by atoms with Crippen LogP contribution in [0.3, 0.4) is 0 Å². The lowest BCUT2D eigenvalue weighted by Crippen LogP contribution is -2.24. The summed E-state index contributed by atoms with van der Waals surface area (Å²) in [7, 11) is 0.